The van der Waals surface area contributed by atoms with Gasteiger partial charge in [0.15, 0.2) is 16.6 Å². The van der Waals surface area contributed by atoms with Gasteiger partial charge in [0.25, 0.3) is 0 Å². The third-order valence-corrected chi connectivity index (χ3v) is 11.7. The van der Waals surface area contributed by atoms with Crippen molar-refractivity contribution < 1.29 is 8.85 Å². The molecule has 0 spiro atoms. The van der Waals surface area contributed by atoms with E-state index in [0.29, 0.717) is 17.6 Å². The Morgan fingerprint density at radius 1 is 0.767 bits per heavy atom. The van der Waals surface area contributed by atoms with Crippen LogP contribution in [0, 0.1) is 40.9 Å². The highest BCUT2D eigenvalue weighted by Gasteiger charge is 2.58. The first-order valence-corrected chi connectivity index (χ1v) is 20.0. The number of fused-ring (bicyclic) bond motifs is 5. The van der Waals surface area contributed by atoms with Crippen molar-refractivity contribution in [3.63, 3.8) is 0 Å². The molecule has 30 heavy (non-hydrogen) atoms. The first-order valence-electron chi connectivity index (χ1n) is 13.2. The Labute approximate surface area is 189 Å². The van der Waals surface area contributed by atoms with Crippen LogP contribution < -0.4 is 0 Å². The molecular formula is C26H50O2Si2. The van der Waals surface area contributed by atoms with Crippen molar-refractivity contribution in [2.45, 2.75) is 123 Å². The summed E-state index contributed by atoms with van der Waals surface area (Å²) in [5, 5.41) is 0. The first-order chi connectivity index (χ1) is 13.9. The second-order valence-electron chi connectivity index (χ2n) is 13.8. The van der Waals surface area contributed by atoms with Crippen LogP contribution in [-0.4, -0.2) is 28.8 Å². The van der Waals surface area contributed by atoms with E-state index in [2.05, 4.69) is 53.1 Å². The quantitative estimate of drug-likeness (QED) is 0.399. The van der Waals surface area contributed by atoms with Gasteiger partial charge in [-0.05, 0) is 145 Å². The topological polar surface area (TPSA) is 18.5 Å². The van der Waals surface area contributed by atoms with E-state index in [9.17, 15) is 0 Å². The average Bonchev–Trinajstić information content (AvgIpc) is 2.96. The van der Waals surface area contributed by atoms with Crippen LogP contribution in [0.3, 0.4) is 0 Å². The van der Waals surface area contributed by atoms with Crippen LogP contribution in [0.25, 0.3) is 0 Å². The van der Waals surface area contributed by atoms with E-state index in [4.69, 9.17) is 8.85 Å². The highest BCUT2D eigenvalue weighted by atomic mass is 28.4. The van der Waals surface area contributed by atoms with E-state index in [1.807, 2.05) is 0 Å². The van der Waals surface area contributed by atoms with Crippen LogP contribution in [0.15, 0.2) is 0 Å². The fraction of sp³-hybridized carbons (Fsp3) is 1.00. The maximum Gasteiger partial charge on any atom is 0.184 e. The average molecular weight is 451 g/mol. The van der Waals surface area contributed by atoms with Gasteiger partial charge in [-0.1, -0.05) is 6.92 Å². The van der Waals surface area contributed by atoms with Gasteiger partial charge in [-0.25, -0.2) is 0 Å². The van der Waals surface area contributed by atoms with Gasteiger partial charge >= 0.3 is 0 Å². The van der Waals surface area contributed by atoms with Gasteiger partial charge in [0.05, 0.1) is 0 Å². The smallest absolute Gasteiger partial charge is 0.184 e. The molecule has 0 bridgehead atoms. The van der Waals surface area contributed by atoms with E-state index in [1.54, 1.807) is 0 Å². The Kier molecular flexibility index (Phi) is 6.50. The molecule has 4 unspecified atom stereocenters. The van der Waals surface area contributed by atoms with Crippen molar-refractivity contribution in [2.75, 3.05) is 0 Å². The highest BCUT2D eigenvalue weighted by molar-refractivity contribution is 6.70. The molecule has 4 rings (SSSR count). The summed E-state index contributed by atoms with van der Waals surface area (Å²) in [5.74, 6) is 5.73. The molecular weight excluding hydrogens is 400 g/mol. The molecule has 0 radical (unpaired) electrons. The SMILES string of the molecule is C[C@H](O[Si](C)(C)C)[C@H]1CCC2C3CC[C@@H]4C[C@H](O[Si](C)(C)C)CCC4C3CC[C@@]21C. The summed E-state index contributed by atoms with van der Waals surface area (Å²) in [6, 6.07) is 0. The number of hydrogen-bond donors (Lipinski definition) is 0. The normalized spacial score (nSPS) is 45.4. The molecule has 0 heterocycles. The summed E-state index contributed by atoms with van der Waals surface area (Å²) < 4.78 is 13.2. The van der Waals surface area contributed by atoms with Crippen molar-refractivity contribution in [1.29, 1.82) is 0 Å². The highest BCUT2D eigenvalue weighted by Crippen LogP contribution is 2.65. The lowest BCUT2D eigenvalue weighted by Gasteiger charge is -2.57. The van der Waals surface area contributed by atoms with Gasteiger partial charge in [0.2, 0.25) is 0 Å². The molecule has 9 atom stereocenters. The minimum Gasteiger partial charge on any atom is -0.415 e. The summed E-state index contributed by atoms with van der Waals surface area (Å²) >= 11 is 0. The predicted octanol–water partition coefficient (Wildman–Crippen LogP) is 7.72. The van der Waals surface area contributed by atoms with Crippen molar-refractivity contribution in [2.24, 2.45) is 40.9 Å². The van der Waals surface area contributed by atoms with Gasteiger partial charge in [-0.3, -0.25) is 0 Å². The second-order valence-corrected chi connectivity index (χ2v) is 22.7. The fourth-order valence-electron chi connectivity index (χ4n) is 8.87. The van der Waals surface area contributed by atoms with E-state index >= 15 is 0 Å². The fourth-order valence-corrected chi connectivity index (χ4v) is 11.4. The maximum atomic E-state index is 6.64. The standard InChI is InChI=1S/C26H50O2Si2/c1-18(27-29(3,4)5)24-13-14-25-23-11-9-19-17-20(28-30(6,7)8)10-12-21(19)22(23)15-16-26(24,25)2/h18-25H,9-17H2,1-8H3/t18-,19+,20+,21?,22?,23?,24+,25?,26+/m0/s1. The Bertz CT molecular complexity index is 609. The monoisotopic (exact) mass is 450 g/mol. The zero-order chi connectivity index (χ0) is 21.9. The zero-order valence-electron chi connectivity index (χ0n) is 21.3. The van der Waals surface area contributed by atoms with Gasteiger partial charge in [0, 0.05) is 12.2 Å². The molecule has 4 saturated carbocycles. The van der Waals surface area contributed by atoms with Crippen molar-refractivity contribution in [3.8, 4) is 0 Å². The molecule has 0 aliphatic heterocycles. The molecule has 4 fully saturated rings. The van der Waals surface area contributed by atoms with Crippen LogP contribution in [-0.2, 0) is 8.85 Å². The Hall–Kier alpha value is 0.354. The molecule has 4 aliphatic carbocycles. The summed E-state index contributed by atoms with van der Waals surface area (Å²) in [4.78, 5) is 0. The number of rotatable bonds is 5. The van der Waals surface area contributed by atoms with Gasteiger partial charge in [-0.2, -0.15) is 0 Å². The molecule has 4 heteroatoms. The summed E-state index contributed by atoms with van der Waals surface area (Å²) in [6.07, 6.45) is 14.0. The predicted molar refractivity (Wildman–Crippen MR) is 133 cm³/mol. The van der Waals surface area contributed by atoms with Gasteiger partial charge in [0.1, 0.15) is 0 Å². The maximum absolute atomic E-state index is 6.64. The molecule has 4 aliphatic rings. The third-order valence-electron chi connectivity index (χ3n) is 9.61. The summed E-state index contributed by atoms with van der Waals surface area (Å²) in [5.41, 5.74) is 0.533. The molecule has 174 valence electrons. The van der Waals surface area contributed by atoms with E-state index in [-0.39, 0.29) is 0 Å². The Balaban J connectivity index is 1.43. The lowest BCUT2D eigenvalue weighted by Crippen LogP contribution is -2.51. The molecule has 0 saturated heterocycles. The molecule has 0 N–H and O–H groups in total. The number of hydrogen-bond acceptors (Lipinski definition) is 2. The zero-order valence-corrected chi connectivity index (χ0v) is 23.3. The Morgan fingerprint density at radius 3 is 2.13 bits per heavy atom. The Morgan fingerprint density at radius 2 is 1.47 bits per heavy atom. The summed E-state index contributed by atoms with van der Waals surface area (Å²) in [7, 11) is -2.88. The van der Waals surface area contributed by atoms with E-state index in [1.165, 1.54) is 57.8 Å². The van der Waals surface area contributed by atoms with Crippen LogP contribution in [0.4, 0.5) is 0 Å². The summed E-state index contributed by atoms with van der Waals surface area (Å²) in [6.45, 7) is 19.2. The van der Waals surface area contributed by atoms with Gasteiger partial charge < -0.3 is 8.85 Å². The van der Waals surface area contributed by atoms with E-state index in [0.717, 1.165) is 35.5 Å². The minimum atomic E-state index is -1.47. The molecule has 0 aromatic heterocycles. The van der Waals surface area contributed by atoms with E-state index < -0.39 is 16.6 Å². The van der Waals surface area contributed by atoms with Crippen molar-refractivity contribution in [3.05, 3.63) is 0 Å². The lowest BCUT2D eigenvalue weighted by molar-refractivity contribution is -0.0856. The minimum absolute atomic E-state index is 0.453. The molecule has 0 aromatic carbocycles. The van der Waals surface area contributed by atoms with Crippen LogP contribution in [0.1, 0.15) is 71.6 Å². The van der Waals surface area contributed by atoms with Crippen molar-refractivity contribution >= 4 is 16.6 Å². The van der Waals surface area contributed by atoms with Crippen LogP contribution in [0.5, 0.6) is 0 Å². The van der Waals surface area contributed by atoms with Crippen LogP contribution in [0.2, 0.25) is 39.3 Å². The second kappa shape index (κ2) is 8.29. The lowest BCUT2D eigenvalue weighted by atomic mass is 9.49. The molecule has 0 amide bonds. The largest absolute Gasteiger partial charge is 0.415 e. The van der Waals surface area contributed by atoms with Crippen LogP contribution >= 0.6 is 0 Å². The molecule has 2 nitrogen and oxygen atoms in total. The first kappa shape index (κ1) is 23.5. The van der Waals surface area contributed by atoms with Crippen molar-refractivity contribution in [1.82, 2.24) is 0 Å². The third kappa shape index (κ3) is 4.68. The molecule has 0 aromatic rings. The van der Waals surface area contributed by atoms with Gasteiger partial charge in [-0.15, -0.1) is 0 Å².